The minimum absolute atomic E-state index is 0.229. The number of methoxy groups -OCH3 is 1. The number of fused-ring (bicyclic) bond motifs is 1. The number of hydrogen-bond donors (Lipinski definition) is 2. The Hall–Kier alpha value is -3.13. The Bertz CT molecular complexity index is 950. The molecule has 0 bridgehead atoms. The summed E-state index contributed by atoms with van der Waals surface area (Å²) in [5.74, 6) is 0.741. The molecule has 0 radical (unpaired) electrons. The first-order valence-electron chi connectivity index (χ1n) is 10.0. The molecule has 2 amide bonds. The third-order valence-electron chi connectivity index (χ3n) is 4.54. The Labute approximate surface area is 185 Å². The standard InChI is InChI=1S/C22H25ClN2O6/c1-3-4-8-29-17-7-6-14(12-18(17)28-2)21(26)24-25-22(27)15-11-16(23)20-19(13-15)30-9-5-10-31-20/h6-7,11-13H,3-5,8-10H2,1-2H3,(H,24,26)(H,25,27). The molecular weight excluding hydrogens is 424 g/mol. The van der Waals surface area contributed by atoms with E-state index in [1.54, 1.807) is 18.2 Å². The van der Waals surface area contributed by atoms with E-state index >= 15 is 0 Å². The van der Waals surface area contributed by atoms with E-state index < -0.39 is 11.8 Å². The number of hydrogen-bond acceptors (Lipinski definition) is 6. The monoisotopic (exact) mass is 448 g/mol. The van der Waals surface area contributed by atoms with Gasteiger partial charge in [0.05, 0.1) is 32.0 Å². The molecule has 8 nitrogen and oxygen atoms in total. The van der Waals surface area contributed by atoms with Gasteiger partial charge in [0.2, 0.25) is 0 Å². The highest BCUT2D eigenvalue weighted by Gasteiger charge is 2.19. The highest BCUT2D eigenvalue weighted by Crippen LogP contribution is 2.38. The molecule has 0 aliphatic carbocycles. The number of amides is 2. The highest BCUT2D eigenvalue weighted by molar-refractivity contribution is 6.32. The molecule has 2 aromatic rings. The first-order chi connectivity index (χ1) is 15.0. The van der Waals surface area contributed by atoms with Crippen LogP contribution in [0.5, 0.6) is 23.0 Å². The second-order valence-corrected chi connectivity index (χ2v) is 7.22. The van der Waals surface area contributed by atoms with E-state index in [1.165, 1.54) is 19.2 Å². The molecule has 166 valence electrons. The van der Waals surface area contributed by atoms with Gasteiger partial charge in [-0.1, -0.05) is 24.9 Å². The smallest absolute Gasteiger partial charge is 0.269 e. The fourth-order valence-corrected chi connectivity index (χ4v) is 3.14. The van der Waals surface area contributed by atoms with Crippen LogP contribution in [0.2, 0.25) is 5.02 Å². The summed E-state index contributed by atoms with van der Waals surface area (Å²) in [5.41, 5.74) is 5.29. The summed E-state index contributed by atoms with van der Waals surface area (Å²) in [5, 5.41) is 0.263. The van der Waals surface area contributed by atoms with Crippen molar-refractivity contribution >= 4 is 23.4 Å². The molecular formula is C22H25ClN2O6. The summed E-state index contributed by atoms with van der Waals surface area (Å²) in [6.07, 6.45) is 2.65. The molecule has 1 aliphatic rings. The molecule has 2 N–H and O–H groups in total. The predicted molar refractivity (Wildman–Crippen MR) is 115 cm³/mol. The van der Waals surface area contributed by atoms with Crippen LogP contribution in [-0.4, -0.2) is 38.7 Å². The molecule has 0 saturated heterocycles. The average Bonchev–Trinajstić information content (AvgIpc) is 3.03. The highest BCUT2D eigenvalue weighted by atomic mass is 35.5. The van der Waals surface area contributed by atoms with Gasteiger partial charge < -0.3 is 18.9 Å². The zero-order valence-electron chi connectivity index (χ0n) is 17.5. The molecule has 0 fully saturated rings. The van der Waals surface area contributed by atoms with Crippen LogP contribution >= 0.6 is 11.6 Å². The van der Waals surface area contributed by atoms with Gasteiger partial charge in [-0.2, -0.15) is 0 Å². The van der Waals surface area contributed by atoms with Gasteiger partial charge in [-0.05, 0) is 36.8 Å². The maximum Gasteiger partial charge on any atom is 0.269 e. The number of unbranched alkanes of at least 4 members (excludes halogenated alkanes) is 1. The zero-order valence-corrected chi connectivity index (χ0v) is 18.2. The van der Waals surface area contributed by atoms with E-state index in [0.29, 0.717) is 54.8 Å². The van der Waals surface area contributed by atoms with Gasteiger partial charge in [0, 0.05) is 17.5 Å². The number of benzene rings is 2. The summed E-state index contributed by atoms with van der Waals surface area (Å²) >= 11 is 6.22. The lowest BCUT2D eigenvalue weighted by Gasteiger charge is -2.13. The van der Waals surface area contributed by atoms with Crippen molar-refractivity contribution in [3.05, 3.63) is 46.5 Å². The molecule has 0 unspecified atom stereocenters. The van der Waals surface area contributed by atoms with E-state index in [0.717, 1.165) is 12.8 Å². The minimum atomic E-state index is -0.544. The van der Waals surface area contributed by atoms with Crippen LogP contribution in [-0.2, 0) is 0 Å². The number of ether oxygens (including phenoxy) is 4. The number of halogens is 1. The molecule has 0 saturated carbocycles. The van der Waals surface area contributed by atoms with Gasteiger partial charge >= 0.3 is 0 Å². The van der Waals surface area contributed by atoms with E-state index in [-0.39, 0.29) is 10.6 Å². The molecule has 0 atom stereocenters. The van der Waals surface area contributed by atoms with Crippen molar-refractivity contribution < 1.29 is 28.5 Å². The summed E-state index contributed by atoms with van der Waals surface area (Å²) in [6.45, 7) is 3.58. The molecule has 1 heterocycles. The van der Waals surface area contributed by atoms with Gasteiger partial charge in [-0.25, -0.2) is 0 Å². The number of hydrazine groups is 1. The number of carbonyl (C=O) groups excluding carboxylic acids is 2. The summed E-state index contributed by atoms with van der Waals surface area (Å²) < 4.78 is 22.1. The molecule has 2 aromatic carbocycles. The number of rotatable bonds is 7. The fourth-order valence-electron chi connectivity index (χ4n) is 2.87. The van der Waals surface area contributed by atoms with E-state index in [9.17, 15) is 9.59 Å². The molecule has 9 heteroatoms. The van der Waals surface area contributed by atoms with Crippen molar-refractivity contribution in [1.82, 2.24) is 10.9 Å². The SMILES string of the molecule is CCCCOc1ccc(C(=O)NNC(=O)c2cc(Cl)c3c(c2)OCCCO3)cc1OC. The average molecular weight is 449 g/mol. The molecule has 0 aromatic heterocycles. The Morgan fingerprint density at radius 3 is 2.52 bits per heavy atom. The van der Waals surface area contributed by atoms with Crippen molar-refractivity contribution in [2.24, 2.45) is 0 Å². The van der Waals surface area contributed by atoms with Crippen molar-refractivity contribution in [1.29, 1.82) is 0 Å². The van der Waals surface area contributed by atoms with E-state index in [4.69, 9.17) is 30.5 Å². The Kier molecular flexibility index (Phi) is 7.83. The van der Waals surface area contributed by atoms with Crippen LogP contribution in [0.3, 0.4) is 0 Å². The van der Waals surface area contributed by atoms with Crippen LogP contribution < -0.4 is 29.8 Å². The lowest BCUT2D eigenvalue weighted by molar-refractivity contribution is 0.0846. The Morgan fingerprint density at radius 1 is 1.03 bits per heavy atom. The van der Waals surface area contributed by atoms with Crippen LogP contribution in [0.15, 0.2) is 30.3 Å². The van der Waals surface area contributed by atoms with Gasteiger partial charge in [0.15, 0.2) is 23.0 Å². The Balaban J connectivity index is 1.64. The van der Waals surface area contributed by atoms with Gasteiger partial charge in [-0.15, -0.1) is 0 Å². The maximum atomic E-state index is 12.5. The maximum absolute atomic E-state index is 12.5. The largest absolute Gasteiger partial charge is 0.493 e. The quantitative estimate of drug-likeness (QED) is 0.494. The van der Waals surface area contributed by atoms with Crippen molar-refractivity contribution in [3.8, 4) is 23.0 Å². The zero-order chi connectivity index (χ0) is 22.2. The Morgan fingerprint density at radius 2 is 1.77 bits per heavy atom. The molecule has 3 rings (SSSR count). The van der Waals surface area contributed by atoms with Crippen molar-refractivity contribution in [2.75, 3.05) is 26.9 Å². The minimum Gasteiger partial charge on any atom is -0.493 e. The second-order valence-electron chi connectivity index (χ2n) is 6.81. The fraction of sp³-hybridized carbons (Fsp3) is 0.364. The summed E-state index contributed by atoms with van der Waals surface area (Å²) in [6, 6.07) is 7.79. The first-order valence-corrected chi connectivity index (χ1v) is 10.4. The van der Waals surface area contributed by atoms with Gasteiger partial charge in [0.25, 0.3) is 11.8 Å². The molecule has 1 aliphatic heterocycles. The van der Waals surface area contributed by atoms with Crippen molar-refractivity contribution in [3.63, 3.8) is 0 Å². The van der Waals surface area contributed by atoms with Crippen LogP contribution in [0.25, 0.3) is 0 Å². The van der Waals surface area contributed by atoms with Crippen molar-refractivity contribution in [2.45, 2.75) is 26.2 Å². The predicted octanol–water partition coefficient (Wildman–Crippen LogP) is 3.76. The van der Waals surface area contributed by atoms with Crippen LogP contribution in [0, 0.1) is 0 Å². The van der Waals surface area contributed by atoms with Crippen LogP contribution in [0.4, 0.5) is 0 Å². The van der Waals surface area contributed by atoms with E-state index in [2.05, 4.69) is 17.8 Å². The molecule has 0 spiro atoms. The lowest BCUT2D eigenvalue weighted by Crippen LogP contribution is -2.41. The van der Waals surface area contributed by atoms with E-state index in [1.807, 2.05) is 0 Å². The lowest BCUT2D eigenvalue weighted by atomic mass is 10.2. The summed E-state index contributed by atoms with van der Waals surface area (Å²) in [7, 11) is 1.50. The van der Waals surface area contributed by atoms with Gasteiger partial charge in [0.1, 0.15) is 0 Å². The number of carbonyl (C=O) groups is 2. The van der Waals surface area contributed by atoms with Gasteiger partial charge in [-0.3, -0.25) is 20.4 Å². The topological polar surface area (TPSA) is 95.1 Å². The third kappa shape index (κ3) is 5.73. The first kappa shape index (κ1) is 22.6. The van der Waals surface area contributed by atoms with Crippen LogP contribution in [0.1, 0.15) is 46.9 Å². The molecule has 31 heavy (non-hydrogen) atoms. The number of nitrogens with one attached hydrogen (secondary N) is 2. The second kappa shape index (κ2) is 10.8. The normalized spacial score (nSPS) is 12.5. The third-order valence-corrected chi connectivity index (χ3v) is 4.82. The summed E-state index contributed by atoms with van der Waals surface area (Å²) in [4.78, 5) is 25.0.